The van der Waals surface area contributed by atoms with E-state index in [0.717, 1.165) is 0 Å². The molecule has 0 aliphatic rings. The molecule has 0 aromatic heterocycles. The summed E-state index contributed by atoms with van der Waals surface area (Å²) < 4.78 is 0. The summed E-state index contributed by atoms with van der Waals surface area (Å²) in [5.41, 5.74) is 5.57. The summed E-state index contributed by atoms with van der Waals surface area (Å²) in [5.74, 6) is -0.355. The van der Waals surface area contributed by atoms with Gasteiger partial charge in [-0.3, -0.25) is 14.9 Å². The molecule has 0 bridgehead atoms. The molecule has 1 amide bonds. The van der Waals surface area contributed by atoms with E-state index in [9.17, 15) is 14.9 Å². The van der Waals surface area contributed by atoms with Crippen molar-refractivity contribution in [2.45, 2.75) is 26.3 Å². The normalized spacial score (nSPS) is 10.5. The second-order valence-electron chi connectivity index (χ2n) is 4.75. The Morgan fingerprint density at radius 2 is 2.05 bits per heavy atom. The van der Waals surface area contributed by atoms with Crippen LogP contribution in [-0.2, 0) is 0 Å². The van der Waals surface area contributed by atoms with Crippen molar-refractivity contribution in [3.05, 3.63) is 39.4 Å². The number of nitrogens with two attached hydrogens (primary N) is 1. The zero-order valence-electron chi connectivity index (χ0n) is 11.1. The minimum absolute atomic E-state index is 0. The summed E-state index contributed by atoms with van der Waals surface area (Å²) in [6.07, 6.45) is 0. The highest BCUT2D eigenvalue weighted by atomic mass is 35.5. The van der Waals surface area contributed by atoms with Crippen molar-refractivity contribution in [3.8, 4) is 0 Å². The number of nitro benzene ring substituents is 1. The maximum atomic E-state index is 12.0. The number of amides is 1. The van der Waals surface area contributed by atoms with E-state index >= 15 is 0 Å². The molecule has 0 saturated carbocycles. The minimum atomic E-state index is -0.547. The maximum Gasteiger partial charge on any atom is 0.273 e. The monoisotopic (exact) mass is 287 g/mol. The van der Waals surface area contributed by atoms with Gasteiger partial charge in [-0.25, -0.2) is 0 Å². The van der Waals surface area contributed by atoms with Gasteiger partial charge in [0.25, 0.3) is 11.6 Å². The number of nitrogens with one attached hydrogen (secondary N) is 1. The molecule has 6 nitrogen and oxygen atoms in total. The number of carbonyl (C=O) groups is 1. The second kappa shape index (κ2) is 6.49. The van der Waals surface area contributed by atoms with Crippen molar-refractivity contribution < 1.29 is 9.72 Å². The molecule has 19 heavy (non-hydrogen) atoms. The Labute approximate surface area is 117 Å². The summed E-state index contributed by atoms with van der Waals surface area (Å²) in [6.45, 7) is 5.42. The molecular weight excluding hydrogens is 270 g/mol. The van der Waals surface area contributed by atoms with E-state index in [1.807, 2.05) is 0 Å². The van der Waals surface area contributed by atoms with Crippen molar-refractivity contribution in [1.29, 1.82) is 0 Å². The van der Waals surface area contributed by atoms with Gasteiger partial charge in [-0.2, -0.15) is 0 Å². The highest BCUT2D eigenvalue weighted by molar-refractivity contribution is 5.97. The first kappa shape index (κ1) is 17.3. The Morgan fingerprint density at radius 1 is 1.47 bits per heavy atom. The number of halogens is 1. The van der Waals surface area contributed by atoms with Gasteiger partial charge in [0.1, 0.15) is 0 Å². The van der Waals surface area contributed by atoms with Crippen LogP contribution in [0, 0.1) is 17.0 Å². The molecule has 0 aliphatic heterocycles. The lowest BCUT2D eigenvalue weighted by Gasteiger charge is -2.24. The molecule has 0 atom stereocenters. The van der Waals surface area contributed by atoms with Gasteiger partial charge in [-0.1, -0.05) is 6.07 Å². The van der Waals surface area contributed by atoms with Gasteiger partial charge in [0.15, 0.2) is 0 Å². The third-order valence-electron chi connectivity index (χ3n) is 2.71. The standard InChI is InChI=1S/C12H17N3O3.ClH/c1-8-9(5-4-6-10(8)15(17)18)11(16)14-12(2,3)7-13;/h4-6H,7,13H2,1-3H3,(H,14,16);1H. The zero-order chi connectivity index (χ0) is 13.9. The average Bonchev–Trinajstić information content (AvgIpc) is 2.28. The van der Waals surface area contributed by atoms with E-state index in [1.54, 1.807) is 26.8 Å². The highest BCUT2D eigenvalue weighted by Gasteiger charge is 2.23. The van der Waals surface area contributed by atoms with Crippen LogP contribution in [0.1, 0.15) is 29.8 Å². The zero-order valence-corrected chi connectivity index (χ0v) is 11.9. The van der Waals surface area contributed by atoms with Gasteiger partial charge in [-0.05, 0) is 26.8 Å². The fourth-order valence-electron chi connectivity index (χ4n) is 1.49. The van der Waals surface area contributed by atoms with E-state index < -0.39 is 10.5 Å². The molecule has 7 heteroatoms. The number of nitrogens with zero attached hydrogens (tertiary/aromatic N) is 1. The van der Waals surface area contributed by atoms with Gasteiger partial charge < -0.3 is 11.1 Å². The number of carbonyl (C=O) groups excluding carboxylic acids is 1. The fourth-order valence-corrected chi connectivity index (χ4v) is 1.49. The lowest BCUT2D eigenvalue weighted by molar-refractivity contribution is -0.385. The van der Waals surface area contributed by atoms with Crippen molar-refractivity contribution in [1.82, 2.24) is 5.32 Å². The predicted molar refractivity (Wildman–Crippen MR) is 75.7 cm³/mol. The van der Waals surface area contributed by atoms with Crippen LogP contribution in [0.3, 0.4) is 0 Å². The molecule has 0 unspecified atom stereocenters. The third kappa shape index (κ3) is 4.18. The smallest absolute Gasteiger partial charge is 0.273 e. The van der Waals surface area contributed by atoms with Crippen LogP contribution in [0.5, 0.6) is 0 Å². The van der Waals surface area contributed by atoms with Gasteiger partial charge in [0.05, 0.1) is 4.92 Å². The van der Waals surface area contributed by atoms with E-state index in [2.05, 4.69) is 5.32 Å². The highest BCUT2D eigenvalue weighted by Crippen LogP contribution is 2.21. The average molecular weight is 288 g/mol. The molecule has 106 valence electrons. The molecule has 3 N–H and O–H groups in total. The van der Waals surface area contributed by atoms with Crippen LogP contribution in [0.15, 0.2) is 18.2 Å². The summed E-state index contributed by atoms with van der Waals surface area (Å²) in [6, 6.07) is 4.43. The van der Waals surface area contributed by atoms with Crippen molar-refractivity contribution in [3.63, 3.8) is 0 Å². The quantitative estimate of drug-likeness (QED) is 0.651. The van der Waals surface area contributed by atoms with E-state index in [4.69, 9.17) is 5.73 Å². The molecule has 1 aromatic rings. The fraction of sp³-hybridized carbons (Fsp3) is 0.417. The maximum absolute atomic E-state index is 12.0. The number of rotatable bonds is 4. The van der Waals surface area contributed by atoms with Crippen LogP contribution in [0.4, 0.5) is 5.69 Å². The predicted octanol–water partition coefficient (Wildman–Crippen LogP) is 1.79. The molecule has 0 fully saturated rings. The molecule has 0 aliphatic carbocycles. The Kier molecular flexibility index (Phi) is 5.92. The minimum Gasteiger partial charge on any atom is -0.346 e. The van der Waals surface area contributed by atoms with E-state index in [0.29, 0.717) is 11.1 Å². The summed E-state index contributed by atoms with van der Waals surface area (Å²) in [4.78, 5) is 22.3. The number of benzene rings is 1. The lowest BCUT2D eigenvalue weighted by Crippen LogP contribution is -2.49. The van der Waals surface area contributed by atoms with Crippen LogP contribution in [0.2, 0.25) is 0 Å². The molecule has 1 rings (SSSR count). The summed E-state index contributed by atoms with van der Waals surface area (Å²) >= 11 is 0. The number of nitro groups is 1. The van der Waals surface area contributed by atoms with Gasteiger partial charge in [0, 0.05) is 29.3 Å². The SMILES string of the molecule is Cc1c(C(=O)NC(C)(C)CN)cccc1[N+](=O)[O-].Cl. The first-order valence-electron chi connectivity index (χ1n) is 5.55. The number of hydrogen-bond donors (Lipinski definition) is 2. The van der Waals surface area contributed by atoms with Crippen LogP contribution in [-0.4, -0.2) is 22.9 Å². The Morgan fingerprint density at radius 3 is 2.53 bits per heavy atom. The Balaban J connectivity index is 0.00000324. The summed E-state index contributed by atoms with van der Waals surface area (Å²) in [5, 5.41) is 13.5. The molecule has 0 saturated heterocycles. The molecule has 0 spiro atoms. The lowest BCUT2D eigenvalue weighted by atomic mass is 10.0. The van der Waals surface area contributed by atoms with E-state index in [-0.39, 0.29) is 30.5 Å². The molecule has 0 heterocycles. The van der Waals surface area contributed by atoms with Gasteiger partial charge >= 0.3 is 0 Å². The van der Waals surface area contributed by atoms with Crippen molar-refractivity contribution in [2.75, 3.05) is 6.54 Å². The Hall–Kier alpha value is -1.66. The van der Waals surface area contributed by atoms with Crippen LogP contribution < -0.4 is 11.1 Å². The van der Waals surface area contributed by atoms with Crippen molar-refractivity contribution in [2.24, 2.45) is 5.73 Å². The van der Waals surface area contributed by atoms with Gasteiger partial charge in [0.2, 0.25) is 0 Å². The van der Waals surface area contributed by atoms with Crippen LogP contribution in [0.25, 0.3) is 0 Å². The van der Waals surface area contributed by atoms with Crippen LogP contribution >= 0.6 is 12.4 Å². The second-order valence-corrected chi connectivity index (χ2v) is 4.75. The van der Waals surface area contributed by atoms with Crippen molar-refractivity contribution >= 4 is 24.0 Å². The molecule has 0 radical (unpaired) electrons. The summed E-state index contributed by atoms with van der Waals surface area (Å²) in [7, 11) is 0. The molecular formula is C12H18ClN3O3. The largest absolute Gasteiger partial charge is 0.346 e. The van der Waals surface area contributed by atoms with Gasteiger partial charge in [-0.15, -0.1) is 12.4 Å². The Bertz CT molecular complexity index is 489. The van der Waals surface area contributed by atoms with E-state index in [1.165, 1.54) is 12.1 Å². The number of hydrogen-bond acceptors (Lipinski definition) is 4. The molecule has 1 aromatic carbocycles. The first-order valence-corrected chi connectivity index (χ1v) is 5.55. The first-order chi connectivity index (χ1) is 8.28. The topological polar surface area (TPSA) is 98.3 Å². The third-order valence-corrected chi connectivity index (χ3v) is 2.71.